The van der Waals surface area contributed by atoms with Gasteiger partial charge < -0.3 is 15.5 Å². The number of hydrogen-bond donors (Lipinski definition) is 2. The van der Waals surface area contributed by atoms with Gasteiger partial charge >= 0.3 is 0 Å². The number of benzene rings is 2. The van der Waals surface area contributed by atoms with Gasteiger partial charge in [0.05, 0.1) is 10.7 Å². The lowest BCUT2D eigenvalue weighted by atomic mass is 9.96. The first-order chi connectivity index (χ1) is 15.1. The Hall–Kier alpha value is -3.19. The van der Waals surface area contributed by atoms with E-state index in [-0.39, 0.29) is 17.6 Å². The van der Waals surface area contributed by atoms with E-state index in [9.17, 15) is 9.18 Å². The SMILES string of the molecule is O=C(NCc1cccc(F)c1)C1CCN(c2nccc(Nc3ccccc3Cl)n2)CC1. The largest absolute Gasteiger partial charge is 0.352 e. The Morgan fingerprint density at radius 3 is 2.71 bits per heavy atom. The third-order valence-corrected chi connectivity index (χ3v) is 5.61. The van der Waals surface area contributed by atoms with Crippen molar-refractivity contribution in [2.45, 2.75) is 19.4 Å². The lowest BCUT2D eigenvalue weighted by Crippen LogP contribution is -2.41. The topological polar surface area (TPSA) is 70.2 Å². The molecule has 3 aromatic rings. The number of amides is 1. The Kier molecular flexibility index (Phi) is 6.62. The van der Waals surface area contributed by atoms with Gasteiger partial charge in [-0.2, -0.15) is 4.98 Å². The van der Waals surface area contributed by atoms with Gasteiger partial charge in [0.1, 0.15) is 11.6 Å². The number of halogens is 2. The first-order valence-electron chi connectivity index (χ1n) is 10.2. The first-order valence-corrected chi connectivity index (χ1v) is 10.6. The average molecular weight is 440 g/mol. The quantitative estimate of drug-likeness (QED) is 0.589. The van der Waals surface area contributed by atoms with Gasteiger partial charge in [0, 0.05) is 31.7 Å². The molecular weight excluding hydrogens is 417 g/mol. The molecule has 0 bridgehead atoms. The monoisotopic (exact) mass is 439 g/mol. The van der Waals surface area contributed by atoms with E-state index in [1.54, 1.807) is 24.4 Å². The first kappa shape index (κ1) is 21.1. The molecule has 2 heterocycles. The molecule has 0 unspecified atom stereocenters. The van der Waals surface area contributed by atoms with Gasteiger partial charge in [-0.15, -0.1) is 0 Å². The molecule has 4 rings (SSSR count). The van der Waals surface area contributed by atoms with Crippen LogP contribution in [0, 0.1) is 11.7 Å². The molecule has 1 saturated heterocycles. The minimum absolute atomic E-state index is 0.000957. The molecule has 0 spiro atoms. The van der Waals surface area contributed by atoms with Gasteiger partial charge in [-0.25, -0.2) is 9.37 Å². The minimum atomic E-state index is -0.300. The van der Waals surface area contributed by atoms with E-state index >= 15 is 0 Å². The molecule has 2 N–H and O–H groups in total. The maximum Gasteiger partial charge on any atom is 0.227 e. The fraction of sp³-hybridized carbons (Fsp3) is 0.261. The summed E-state index contributed by atoms with van der Waals surface area (Å²) in [6.45, 7) is 1.71. The van der Waals surface area contributed by atoms with Crippen molar-refractivity contribution in [3.8, 4) is 0 Å². The zero-order valence-corrected chi connectivity index (χ0v) is 17.6. The lowest BCUT2D eigenvalue weighted by Gasteiger charge is -2.31. The Labute approximate surface area is 185 Å². The summed E-state index contributed by atoms with van der Waals surface area (Å²) in [6, 6.07) is 15.5. The Morgan fingerprint density at radius 1 is 1.13 bits per heavy atom. The van der Waals surface area contributed by atoms with Crippen molar-refractivity contribution >= 4 is 35.0 Å². The van der Waals surface area contributed by atoms with Crippen molar-refractivity contribution in [2.24, 2.45) is 5.92 Å². The van der Waals surface area contributed by atoms with Crippen LogP contribution in [-0.4, -0.2) is 29.0 Å². The van der Waals surface area contributed by atoms with Crippen LogP contribution in [-0.2, 0) is 11.3 Å². The molecule has 1 aliphatic rings. The van der Waals surface area contributed by atoms with Crippen LogP contribution in [0.25, 0.3) is 0 Å². The fourth-order valence-electron chi connectivity index (χ4n) is 3.59. The second kappa shape index (κ2) is 9.75. The predicted molar refractivity (Wildman–Crippen MR) is 120 cm³/mol. The van der Waals surface area contributed by atoms with E-state index < -0.39 is 0 Å². The zero-order valence-electron chi connectivity index (χ0n) is 16.9. The number of nitrogens with zero attached hydrogens (tertiary/aromatic N) is 3. The van der Waals surface area contributed by atoms with Crippen molar-refractivity contribution in [2.75, 3.05) is 23.3 Å². The summed E-state index contributed by atoms with van der Waals surface area (Å²) in [6.07, 6.45) is 3.13. The van der Waals surface area contributed by atoms with Crippen LogP contribution in [0.3, 0.4) is 0 Å². The van der Waals surface area contributed by atoms with Gasteiger partial charge in [-0.1, -0.05) is 35.9 Å². The van der Waals surface area contributed by atoms with Crippen molar-refractivity contribution in [1.29, 1.82) is 0 Å². The molecule has 1 aliphatic heterocycles. The van der Waals surface area contributed by atoms with Gasteiger partial charge in [0.2, 0.25) is 11.9 Å². The van der Waals surface area contributed by atoms with Crippen molar-refractivity contribution in [3.63, 3.8) is 0 Å². The summed E-state index contributed by atoms with van der Waals surface area (Å²) in [5.41, 5.74) is 1.53. The maximum absolute atomic E-state index is 13.3. The molecule has 1 aromatic heterocycles. The molecule has 0 atom stereocenters. The number of rotatable bonds is 6. The molecular formula is C23H23ClFN5O. The molecule has 1 fully saturated rings. The summed E-state index contributed by atoms with van der Waals surface area (Å²) in [5, 5.41) is 6.75. The van der Waals surface area contributed by atoms with Crippen LogP contribution < -0.4 is 15.5 Å². The number of aromatic nitrogens is 2. The van der Waals surface area contributed by atoms with Gasteiger partial charge in [0.15, 0.2) is 0 Å². The van der Waals surface area contributed by atoms with E-state index in [1.807, 2.05) is 24.3 Å². The number of carbonyl (C=O) groups excluding carboxylic acids is 1. The highest BCUT2D eigenvalue weighted by Gasteiger charge is 2.26. The summed E-state index contributed by atoms with van der Waals surface area (Å²) in [4.78, 5) is 23.6. The van der Waals surface area contributed by atoms with Crippen LogP contribution in [0.4, 0.5) is 21.8 Å². The Morgan fingerprint density at radius 2 is 1.94 bits per heavy atom. The lowest BCUT2D eigenvalue weighted by molar-refractivity contribution is -0.125. The summed E-state index contributed by atoms with van der Waals surface area (Å²) in [5.74, 6) is 0.906. The Bertz CT molecular complexity index is 1060. The third-order valence-electron chi connectivity index (χ3n) is 5.28. The van der Waals surface area contributed by atoms with Crippen LogP contribution in [0.15, 0.2) is 60.8 Å². The zero-order chi connectivity index (χ0) is 21.6. The van der Waals surface area contributed by atoms with Gasteiger partial charge in [-0.05, 0) is 48.7 Å². The minimum Gasteiger partial charge on any atom is -0.352 e. The van der Waals surface area contributed by atoms with Crippen molar-refractivity contribution in [1.82, 2.24) is 15.3 Å². The van der Waals surface area contributed by atoms with Gasteiger partial charge in [0.25, 0.3) is 0 Å². The molecule has 8 heteroatoms. The maximum atomic E-state index is 13.3. The fourth-order valence-corrected chi connectivity index (χ4v) is 3.78. The molecule has 160 valence electrons. The summed E-state index contributed by atoms with van der Waals surface area (Å²) < 4.78 is 13.3. The second-order valence-electron chi connectivity index (χ2n) is 7.46. The molecule has 31 heavy (non-hydrogen) atoms. The molecule has 0 aliphatic carbocycles. The van der Waals surface area contributed by atoms with Crippen molar-refractivity contribution < 1.29 is 9.18 Å². The number of piperidine rings is 1. The Balaban J connectivity index is 1.31. The van der Waals surface area contributed by atoms with Gasteiger partial charge in [-0.3, -0.25) is 4.79 Å². The van der Waals surface area contributed by atoms with E-state index in [4.69, 9.17) is 11.6 Å². The normalized spacial score (nSPS) is 14.3. The van der Waals surface area contributed by atoms with E-state index in [0.717, 1.165) is 11.3 Å². The average Bonchev–Trinajstić information content (AvgIpc) is 2.79. The molecule has 6 nitrogen and oxygen atoms in total. The predicted octanol–water partition coefficient (Wildman–Crippen LogP) is 4.55. The van der Waals surface area contributed by atoms with Crippen LogP contribution in [0.1, 0.15) is 18.4 Å². The smallest absolute Gasteiger partial charge is 0.227 e. The molecule has 0 saturated carbocycles. The summed E-state index contributed by atoms with van der Waals surface area (Å²) in [7, 11) is 0. The number of anilines is 3. The van der Waals surface area contributed by atoms with E-state index in [2.05, 4.69) is 25.5 Å². The molecule has 0 radical (unpaired) electrons. The number of carbonyl (C=O) groups is 1. The number of nitrogens with one attached hydrogen (secondary N) is 2. The number of hydrogen-bond acceptors (Lipinski definition) is 5. The number of para-hydroxylation sites is 1. The highest BCUT2D eigenvalue weighted by atomic mass is 35.5. The third kappa shape index (κ3) is 5.49. The molecule has 1 amide bonds. The highest BCUT2D eigenvalue weighted by molar-refractivity contribution is 6.33. The van der Waals surface area contributed by atoms with E-state index in [1.165, 1.54) is 12.1 Å². The van der Waals surface area contributed by atoms with Crippen LogP contribution >= 0.6 is 11.6 Å². The van der Waals surface area contributed by atoms with Crippen LogP contribution in [0.5, 0.6) is 0 Å². The van der Waals surface area contributed by atoms with Crippen LogP contribution in [0.2, 0.25) is 5.02 Å². The highest BCUT2D eigenvalue weighted by Crippen LogP contribution is 2.26. The van der Waals surface area contributed by atoms with Crippen molar-refractivity contribution in [3.05, 3.63) is 77.2 Å². The second-order valence-corrected chi connectivity index (χ2v) is 7.86. The standard InChI is InChI=1S/C23H23ClFN5O/c24-19-6-1-2-7-20(19)28-21-8-11-26-23(29-21)30-12-9-17(10-13-30)22(31)27-15-16-4-3-5-18(25)14-16/h1-8,11,14,17H,9-10,12-13,15H2,(H,27,31)(H,26,28,29). The molecule has 2 aromatic carbocycles. The van der Waals surface area contributed by atoms with E-state index in [0.29, 0.717) is 49.3 Å². The summed E-state index contributed by atoms with van der Waals surface area (Å²) >= 11 is 6.21.